The molecular formula is C14H8FN3OS. The van der Waals surface area contributed by atoms with Gasteiger partial charge in [-0.15, -0.1) is 11.3 Å². The Bertz CT molecular complexity index is 816. The summed E-state index contributed by atoms with van der Waals surface area (Å²) in [5, 5.41) is 14.6. The first-order chi connectivity index (χ1) is 9.69. The Hall–Kier alpha value is -2.52. The maximum absolute atomic E-state index is 13.3. The van der Waals surface area contributed by atoms with Crippen LogP contribution in [0.2, 0.25) is 0 Å². The van der Waals surface area contributed by atoms with Gasteiger partial charge in [-0.3, -0.25) is 0 Å². The van der Waals surface area contributed by atoms with Gasteiger partial charge in [0.25, 0.3) is 5.89 Å². The topological polar surface area (TPSA) is 62.7 Å². The van der Waals surface area contributed by atoms with Crippen LogP contribution in [0, 0.1) is 24.1 Å². The van der Waals surface area contributed by atoms with Gasteiger partial charge < -0.3 is 4.52 Å². The van der Waals surface area contributed by atoms with Crippen molar-refractivity contribution < 1.29 is 8.91 Å². The third-order valence-corrected chi connectivity index (χ3v) is 3.75. The highest BCUT2D eigenvalue weighted by Crippen LogP contribution is 2.30. The molecule has 6 heteroatoms. The molecule has 0 amide bonds. The number of nitriles is 1. The summed E-state index contributed by atoms with van der Waals surface area (Å²) in [5.74, 6) is 0.232. The molecule has 0 fully saturated rings. The molecule has 0 saturated carbocycles. The number of nitrogens with zero attached hydrogens (tertiary/aromatic N) is 3. The van der Waals surface area contributed by atoms with E-state index in [9.17, 15) is 4.39 Å². The highest BCUT2D eigenvalue weighted by atomic mass is 32.1. The van der Waals surface area contributed by atoms with Crippen LogP contribution in [0.25, 0.3) is 22.2 Å². The Kier molecular flexibility index (Phi) is 3.05. The summed E-state index contributed by atoms with van der Waals surface area (Å²) in [5.41, 5.74) is 1.92. The monoisotopic (exact) mass is 285 g/mol. The largest absolute Gasteiger partial charge is 0.333 e. The number of rotatable bonds is 2. The number of benzene rings is 1. The predicted octanol–water partition coefficient (Wildman–Crippen LogP) is 3.78. The lowest BCUT2D eigenvalue weighted by Gasteiger charge is -1.99. The molecule has 0 spiro atoms. The molecule has 0 atom stereocenters. The van der Waals surface area contributed by atoms with Gasteiger partial charge in [-0.25, -0.2) is 4.39 Å². The molecule has 0 aliphatic rings. The Morgan fingerprint density at radius 1 is 1.35 bits per heavy atom. The zero-order chi connectivity index (χ0) is 14.1. The van der Waals surface area contributed by atoms with Crippen LogP contribution in [0.15, 0.2) is 34.2 Å². The smallest absolute Gasteiger partial charge is 0.269 e. The van der Waals surface area contributed by atoms with Crippen molar-refractivity contribution in [1.82, 2.24) is 10.1 Å². The van der Waals surface area contributed by atoms with Gasteiger partial charge in [0.1, 0.15) is 16.8 Å². The van der Waals surface area contributed by atoms with Crippen molar-refractivity contribution in [3.8, 4) is 28.2 Å². The van der Waals surface area contributed by atoms with Crippen molar-refractivity contribution in [3.63, 3.8) is 0 Å². The first-order valence-electron chi connectivity index (χ1n) is 5.77. The second-order valence-electron chi connectivity index (χ2n) is 4.16. The molecule has 3 rings (SSSR count). The van der Waals surface area contributed by atoms with E-state index in [0.29, 0.717) is 21.8 Å². The molecule has 2 aromatic heterocycles. The Morgan fingerprint density at radius 2 is 2.20 bits per heavy atom. The van der Waals surface area contributed by atoms with Crippen LogP contribution in [0.4, 0.5) is 4.39 Å². The summed E-state index contributed by atoms with van der Waals surface area (Å²) in [4.78, 5) is 4.87. The standard InChI is InChI=1S/C14H8FN3OS/c1-8-2-3-10(15)6-11(8)13-17-14(19-18-13)12-9(7-16)4-5-20-12/h2-6H,1H3. The van der Waals surface area contributed by atoms with Gasteiger partial charge in [0.2, 0.25) is 5.82 Å². The molecular weight excluding hydrogens is 277 g/mol. The van der Waals surface area contributed by atoms with Gasteiger partial charge in [0, 0.05) is 5.56 Å². The second-order valence-corrected chi connectivity index (χ2v) is 5.07. The minimum absolute atomic E-state index is 0.273. The molecule has 0 aliphatic heterocycles. The second kappa shape index (κ2) is 4.87. The van der Waals surface area contributed by atoms with E-state index >= 15 is 0 Å². The van der Waals surface area contributed by atoms with Gasteiger partial charge in [-0.05, 0) is 36.1 Å². The first kappa shape index (κ1) is 12.5. The highest BCUT2D eigenvalue weighted by molar-refractivity contribution is 7.13. The first-order valence-corrected chi connectivity index (χ1v) is 6.65. The number of aryl methyl sites for hydroxylation is 1. The van der Waals surface area contributed by atoms with Crippen molar-refractivity contribution in [2.24, 2.45) is 0 Å². The van der Waals surface area contributed by atoms with Gasteiger partial charge in [0.05, 0.1) is 5.56 Å². The summed E-state index contributed by atoms with van der Waals surface area (Å²) in [7, 11) is 0. The molecule has 0 radical (unpaired) electrons. The van der Waals surface area contributed by atoms with Crippen molar-refractivity contribution >= 4 is 11.3 Å². The van der Waals surface area contributed by atoms with E-state index in [1.54, 1.807) is 17.5 Å². The summed E-state index contributed by atoms with van der Waals surface area (Å²) >= 11 is 1.35. The van der Waals surface area contributed by atoms with Gasteiger partial charge in [0.15, 0.2) is 0 Å². The van der Waals surface area contributed by atoms with Crippen LogP contribution in [0.5, 0.6) is 0 Å². The highest BCUT2D eigenvalue weighted by Gasteiger charge is 2.16. The van der Waals surface area contributed by atoms with Crippen molar-refractivity contribution in [2.45, 2.75) is 6.92 Å². The van der Waals surface area contributed by atoms with E-state index < -0.39 is 0 Å². The van der Waals surface area contributed by atoms with Gasteiger partial charge >= 0.3 is 0 Å². The Balaban J connectivity index is 2.07. The lowest BCUT2D eigenvalue weighted by molar-refractivity contribution is 0.433. The zero-order valence-corrected chi connectivity index (χ0v) is 11.2. The summed E-state index contributed by atoms with van der Waals surface area (Å²) in [6.07, 6.45) is 0. The summed E-state index contributed by atoms with van der Waals surface area (Å²) in [6.45, 7) is 1.84. The molecule has 2 heterocycles. The molecule has 0 bridgehead atoms. The number of hydrogen-bond acceptors (Lipinski definition) is 5. The van der Waals surface area contributed by atoms with E-state index in [0.717, 1.165) is 5.56 Å². The van der Waals surface area contributed by atoms with Crippen LogP contribution >= 0.6 is 11.3 Å². The molecule has 98 valence electrons. The van der Waals surface area contributed by atoms with Gasteiger partial charge in [-0.2, -0.15) is 10.2 Å². The van der Waals surface area contributed by atoms with Crippen LogP contribution in [-0.2, 0) is 0 Å². The van der Waals surface area contributed by atoms with E-state index in [1.165, 1.54) is 23.5 Å². The normalized spacial score (nSPS) is 10.4. The minimum atomic E-state index is -0.356. The lowest BCUT2D eigenvalue weighted by Crippen LogP contribution is -1.87. The third-order valence-electron chi connectivity index (χ3n) is 2.85. The fraction of sp³-hybridized carbons (Fsp3) is 0.0714. The molecule has 4 nitrogen and oxygen atoms in total. The molecule has 0 unspecified atom stereocenters. The van der Waals surface area contributed by atoms with Crippen molar-refractivity contribution in [3.05, 3.63) is 46.6 Å². The number of thiophene rings is 1. The minimum Gasteiger partial charge on any atom is -0.333 e. The Morgan fingerprint density at radius 3 is 3.00 bits per heavy atom. The summed E-state index contributed by atoms with van der Waals surface area (Å²) in [6, 6.07) is 8.16. The van der Waals surface area contributed by atoms with Gasteiger partial charge in [-0.1, -0.05) is 11.2 Å². The fourth-order valence-electron chi connectivity index (χ4n) is 1.82. The average Bonchev–Trinajstić information content (AvgIpc) is 3.08. The Labute approximate surface area is 118 Å². The zero-order valence-electron chi connectivity index (χ0n) is 10.4. The van der Waals surface area contributed by atoms with E-state index in [1.807, 2.05) is 6.92 Å². The van der Waals surface area contributed by atoms with Crippen LogP contribution in [-0.4, -0.2) is 10.1 Å². The molecule has 0 aliphatic carbocycles. The number of aromatic nitrogens is 2. The molecule has 0 N–H and O–H groups in total. The molecule has 20 heavy (non-hydrogen) atoms. The maximum atomic E-state index is 13.3. The number of halogens is 1. The quantitative estimate of drug-likeness (QED) is 0.718. The molecule has 3 aromatic rings. The van der Waals surface area contributed by atoms with E-state index in [4.69, 9.17) is 9.78 Å². The van der Waals surface area contributed by atoms with Crippen LogP contribution in [0.1, 0.15) is 11.1 Å². The number of hydrogen-bond donors (Lipinski definition) is 0. The lowest BCUT2D eigenvalue weighted by atomic mass is 10.1. The van der Waals surface area contributed by atoms with Crippen LogP contribution in [0.3, 0.4) is 0 Å². The van der Waals surface area contributed by atoms with Crippen molar-refractivity contribution in [2.75, 3.05) is 0 Å². The molecule has 0 saturated heterocycles. The third kappa shape index (κ3) is 2.08. The van der Waals surface area contributed by atoms with Crippen LogP contribution < -0.4 is 0 Å². The van der Waals surface area contributed by atoms with E-state index in [-0.39, 0.29) is 11.7 Å². The van der Waals surface area contributed by atoms with Crippen molar-refractivity contribution in [1.29, 1.82) is 5.26 Å². The fourth-order valence-corrected chi connectivity index (χ4v) is 2.59. The SMILES string of the molecule is Cc1ccc(F)cc1-c1noc(-c2sccc2C#N)n1. The molecule has 1 aromatic carbocycles. The van der Waals surface area contributed by atoms with E-state index in [2.05, 4.69) is 16.2 Å². The maximum Gasteiger partial charge on any atom is 0.269 e. The average molecular weight is 285 g/mol. The summed E-state index contributed by atoms with van der Waals surface area (Å²) < 4.78 is 18.5. The predicted molar refractivity (Wildman–Crippen MR) is 72.5 cm³/mol.